The first kappa shape index (κ1) is 18.6. The van der Waals surface area contributed by atoms with Crippen LogP contribution >= 0.6 is 0 Å². The molecule has 0 aromatic heterocycles. The van der Waals surface area contributed by atoms with Crippen LogP contribution in [0.2, 0.25) is 0 Å². The molecule has 0 bridgehead atoms. The number of benzene rings is 2. The van der Waals surface area contributed by atoms with Gasteiger partial charge in [-0.15, -0.1) is 0 Å². The first-order chi connectivity index (χ1) is 12.9. The number of piperidine rings is 1. The highest BCUT2D eigenvalue weighted by molar-refractivity contribution is 6.43. The van der Waals surface area contributed by atoms with E-state index in [1.54, 1.807) is 23.1 Å². The van der Waals surface area contributed by atoms with Crippen molar-refractivity contribution in [3.8, 4) is 0 Å². The van der Waals surface area contributed by atoms with Crippen LogP contribution in [0.3, 0.4) is 0 Å². The van der Waals surface area contributed by atoms with Gasteiger partial charge in [0.05, 0.1) is 0 Å². The van der Waals surface area contributed by atoms with Crippen LogP contribution in [0.4, 0.5) is 21.5 Å². The lowest BCUT2D eigenvalue weighted by molar-refractivity contribution is -0.133. The molecule has 2 N–H and O–H groups in total. The summed E-state index contributed by atoms with van der Waals surface area (Å²) in [5.41, 5.74) is 2.24. The van der Waals surface area contributed by atoms with Crippen molar-refractivity contribution in [1.29, 1.82) is 0 Å². The van der Waals surface area contributed by atoms with Crippen LogP contribution in [-0.2, 0) is 14.4 Å². The number of rotatable bonds is 3. The Balaban J connectivity index is 1.71. The predicted molar refractivity (Wildman–Crippen MR) is 101 cm³/mol. The van der Waals surface area contributed by atoms with E-state index in [1.165, 1.54) is 18.2 Å². The molecule has 27 heavy (non-hydrogen) atoms. The third kappa shape index (κ3) is 4.49. The molecule has 1 fully saturated rings. The molecule has 3 amide bonds. The summed E-state index contributed by atoms with van der Waals surface area (Å²) in [6.45, 7) is 2.52. The molecular formula is C20H20FN3O3. The van der Waals surface area contributed by atoms with E-state index in [1.807, 2.05) is 6.92 Å². The number of anilines is 3. The van der Waals surface area contributed by atoms with Crippen molar-refractivity contribution in [1.82, 2.24) is 0 Å². The molecule has 7 heteroatoms. The van der Waals surface area contributed by atoms with Crippen molar-refractivity contribution in [2.45, 2.75) is 26.2 Å². The average molecular weight is 369 g/mol. The molecule has 0 radical (unpaired) electrons. The predicted octanol–water partition coefficient (Wildman–Crippen LogP) is 3.23. The van der Waals surface area contributed by atoms with E-state index in [2.05, 4.69) is 10.6 Å². The Hall–Kier alpha value is -3.22. The van der Waals surface area contributed by atoms with E-state index in [9.17, 15) is 18.8 Å². The lowest BCUT2D eigenvalue weighted by atomic mass is 10.1. The molecule has 1 aliphatic rings. The van der Waals surface area contributed by atoms with Gasteiger partial charge in [-0.1, -0.05) is 12.1 Å². The molecule has 140 valence electrons. The maximum absolute atomic E-state index is 13.2. The highest BCUT2D eigenvalue weighted by Crippen LogP contribution is 2.27. The van der Waals surface area contributed by atoms with Crippen molar-refractivity contribution >= 4 is 34.8 Å². The fraction of sp³-hybridized carbons (Fsp3) is 0.250. The Bertz CT molecular complexity index is 898. The zero-order valence-electron chi connectivity index (χ0n) is 14.9. The van der Waals surface area contributed by atoms with E-state index in [0.717, 1.165) is 30.2 Å². The highest BCUT2D eigenvalue weighted by Gasteiger charge is 2.22. The molecule has 1 aliphatic heterocycles. The van der Waals surface area contributed by atoms with Crippen LogP contribution in [0.1, 0.15) is 24.8 Å². The summed E-state index contributed by atoms with van der Waals surface area (Å²) >= 11 is 0. The smallest absolute Gasteiger partial charge is 0.314 e. The number of amides is 3. The van der Waals surface area contributed by atoms with E-state index in [0.29, 0.717) is 18.7 Å². The second-order valence-corrected chi connectivity index (χ2v) is 6.42. The summed E-state index contributed by atoms with van der Waals surface area (Å²) in [5, 5.41) is 4.86. The van der Waals surface area contributed by atoms with Gasteiger partial charge in [-0.2, -0.15) is 0 Å². The van der Waals surface area contributed by atoms with Gasteiger partial charge in [0.15, 0.2) is 0 Å². The van der Waals surface area contributed by atoms with Crippen LogP contribution in [0, 0.1) is 12.7 Å². The van der Waals surface area contributed by atoms with Crippen LogP contribution in [0.25, 0.3) is 0 Å². The second kappa shape index (κ2) is 7.99. The van der Waals surface area contributed by atoms with Gasteiger partial charge in [0.1, 0.15) is 5.82 Å². The van der Waals surface area contributed by atoms with E-state index in [-0.39, 0.29) is 11.6 Å². The van der Waals surface area contributed by atoms with Gasteiger partial charge in [0, 0.05) is 30.0 Å². The third-order valence-electron chi connectivity index (χ3n) is 4.37. The van der Waals surface area contributed by atoms with Gasteiger partial charge in [-0.05, 0) is 55.7 Å². The second-order valence-electron chi connectivity index (χ2n) is 6.42. The standard InChI is InChI=1S/C20H20FN3O3/c1-13-8-9-16(12-17(13)24-10-3-2-7-18(24)25)23-20(27)19(26)22-15-6-4-5-14(21)11-15/h4-6,8-9,11-12H,2-3,7,10H2,1H3,(H,22,26)(H,23,27). The van der Waals surface area contributed by atoms with E-state index in [4.69, 9.17) is 0 Å². The van der Waals surface area contributed by atoms with Crippen molar-refractivity contribution in [2.24, 2.45) is 0 Å². The minimum absolute atomic E-state index is 0.0525. The molecule has 3 rings (SSSR count). The lowest BCUT2D eigenvalue weighted by Crippen LogP contribution is -2.35. The monoisotopic (exact) mass is 369 g/mol. The normalized spacial score (nSPS) is 14.0. The van der Waals surface area contributed by atoms with Crippen LogP contribution in [-0.4, -0.2) is 24.3 Å². The van der Waals surface area contributed by atoms with Crippen LogP contribution in [0.15, 0.2) is 42.5 Å². The maximum atomic E-state index is 13.2. The van der Waals surface area contributed by atoms with Gasteiger partial charge in [0.25, 0.3) is 0 Å². The topological polar surface area (TPSA) is 78.5 Å². The summed E-state index contributed by atoms with van der Waals surface area (Å²) in [6.07, 6.45) is 2.31. The Morgan fingerprint density at radius 3 is 2.37 bits per heavy atom. The summed E-state index contributed by atoms with van der Waals surface area (Å²) in [6, 6.07) is 10.4. The molecule has 1 saturated heterocycles. The Morgan fingerprint density at radius 2 is 1.70 bits per heavy atom. The molecule has 0 unspecified atom stereocenters. The molecule has 1 heterocycles. The van der Waals surface area contributed by atoms with Gasteiger partial charge in [-0.25, -0.2) is 4.39 Å². The minimum Gasteiger partial charge on any atom is -0.318 e. The number of carbonyl (C=O) groups excluding carboxylic acids is 3. The molecule has 6 nitrogen and oxygen atoms in total. The first-order valence-electron chi connectivity index (χ1n) is 8.73. The number of aryl methyl sites for hydroxylation is 1. The van der Waals surface area contributed by atoms with E-state index >= 15 is 0 Å². The summed E-state index contributed by atoms with van der Waals surface area (Å²) in [4.78, 5) is 38.0. The Labute approximate surface area is 156 Å². The van der Waals surface area contributed by atoms with Crippen molar-refractivity contribution in [3.05, 3.63) is 53.8 Å². The molecule has 0 atom stereocenters. The average Bonchev–Trinajstić information content (AvgIpc) is 2.64. The fourth-order valence-electron chi connectivity index (χ4n) is 2.98. The highest BCUT2D eigenvalue weighted by atomic mass is 19.1. The number of hydrogen-bond acceptors (Lipinski definition) is 3. The number of carbonyl (C=O) groups is 3. The number of hydrogen-bond donors (Lipinski definition) is 2. The van der Waals surface area contributed by atoms with Gasteiger partial charge in [-0.3, -0.25) is 14.4 Å². The Morgan fingerprint density at radius 1 is 1.00 bits per heavy atom. The maximum Gasteiger partial charge on any atom is 0.314 e. The molecule has 0 aliphatic carbocycles. The molecular weight excluding hydrogens is 349 g/mol. The lowest BCUT2D eigenvalue weighted by Gasteiger charge is -2.28. The van der Waals surface area contributed by atoms with Crippen molar-refractivity contribution in [3.63, 3.8) is 0 Å². The molecule has 2 aromatic rings. The van der Waals surface area contributed by atoms with Gasteiger partial charge >= 0.3 is 11.8 Å². The third-order valence-corrected chi connectivity index (χ3v) is 4.37. The van der Waals surface area contributed by atoms with Crippen LogP contribution < -0.4 is 15.5 Å². The molecule has 0 spiro atoms. The Kier molecular flexibility index (Phi) is 5.49. The number of halogens is 1. The number of nitrogens with zero attached hydrogens (tertiary/aromatic N) is 1. The molecule has 0 saturated carbocycles. The first-order valence-corrected chi connectivity index (χ1v) is 8.73. The van der Waals surface area contributed by atoms with Crippen LogP contribution in [0.5, 0.6) is 0 Å². The largest absolute Gasteiger partial charge is 0.318 e. The van der Waals surface area contributed by atoms with Crippen molar-refractivity contribution in [2.75, 3.05) is 22.1 Å². The summed E-state index contributed by atoms with van der Waals surface area (Å²) < 4.78 is 13.2. The van der Waals surface area contributed by atoms with Gasteiger partial charge < -0.3 is 15.5 Å². The number of nitrogens with one attached hydrogen (secondary N) is 2. The molecule has 2 aromatic carbocycles. The van der Waals surface area contributed by atoms with E-state index < -0.39 is 17.6 Å². The SMILES string of the molecule is Cc1ccc(NC(=O)C(=O)Nc2cccc(F)c2)cc1N1CCCCC1=O. The van der Waals surface area contributed by atoms with Gasteiger partial charge in [0.2, 0.25) is 5.91 Å². The van der Waals surface area contributed by atoms with Crippen molar-refractivity contribution < 1.29 is 18.8 Å². The zero-order valence-corrected chi connectivity index (χ0v) is 14.9. The zero-order chi connectivity index (χ0) is 19.4. The fourth-order valence-corrected chi connectivity index (χ4v) is 2.98. The minimum atomic E-state index is -0.906. The summed E-state index contributed by atoms with van der Waals surface area (Å²) in [5.74, 6) is -2.24. The quantitative estimate of drug-likeness (QED) is 0.816. The summed E-state index contributed by atoms with van der Waals surface area (Å²) in [7, 11) is 0.